The topological polar surface area (TPSA) is 61.9 Å². The first-order chi connectivity index (χ1) is 13.8. The first-order valence-electron chi connectivity index (χ1n) is 9.56. The number of halogens is 2. The zero-order chi connectivity index (χ0) is 21.6. The van der Waals surface area contributed by atoms with E-state index in [0.717, 1.165) is 13.0 Å². The number of ether oxygens (including phenoxy) is 1. The average molecular weight is 440 g/mol. The van der Waals surface area contributed by atoms with Crippen LogP contribution >= 0.6 is 23.2 Å². The van der Waals surface area contributed by atoms with Gasteiger partial charge in [-0.1, -0.05) is 42.3 Å². The predicted molar refractivity (Wildman–Crippen MR) is 116 cm³/mol. The molecule has 2 amide bonds. The molecule has 1 heterocycles. The molecule has 0 aromatic heterocycles. The number of rotatable bonds is 9. The molecular formula is C21H27Cl2N3O3. The zero-order valence-corrected chi connectivity index (χ0v) is 18.5. The van der Waals surface area contributed by atoms with E-state index < -0.39 is 12.0 Å². The summed E-state index contributed by atoms with van der Waals surface area (Å²) in [5.41, 5.74) is 1.53. The van der Waals surface area contributed by atoms with E-state index in [-0.39, 0.29) is 19.2 Å². The fraction of sp³-hybridized carbons (Fsp3) is 0.429. The lowest BCUT2D eigenvalue weighted by atomic mass is 9.94. The van der Waals surface area contributed by atoms with Crippen LogP contribution in [0.3, 0.4) is 0 Å². The third kappa shape index (κ3) is 5.53. The molecule has 1 N–H and O–H groups in total. The highest BCUT2D eigenvalue weighted by atomic mass is 35.5. The molecule has 0 radical (unpaired) electrons. The third-order valence-electron chi connectivity index (χ3n) is 4.54. The van der Waals surface area contributed by atoms with Gasteiger partial charge in [-0.3, -0.25) is 4.90 Å². The quantitative estimate of drug-likeness (QED) is 0.457. The highest BCUT2D eigenvalue weighted by molar-refractivity contribution is 6.35. The highest BCUT2D eigenvalue weighted by Crippen LogP contribution is 2.36. The fourth-order valence-electron chi connectivity index (χ4n) is 3.33. The van der Waals surface area contributed by atoms with E-state index in [0.29, 0.717) is 33.4 Å². The highest BCUT2D eigenvalue weighted by Gasteiger charge is 2.38. The molecule has 8 heteroatoms. The molecule has 0 unspecified atom stereocenters. The normalized spacial score (nSPS) is 16.8. The molecule has 0 spiro atoms. The minimum atomic E-state index is -0.739. The number of likely N-dealkylation sites (N-methyl/N-ethyl adjacent to an activating group) is 1. The van der Waals surface area contributed by atoms with Gasteiger partial charge in [0.1, 0.15) is 0 Å². The largest absolute Gasteiger partial charge is 0.463 e. The number of amides is 2. The lowest BCUT2D eigenvalue weighted by Crippen LogP contribution is -2.50. The van der Waals surface area contributed by atoms with Crippen LogP contribution < -0.4 is 5.32 Å². The Morgan fingerprint density at radius 1 is 1.38 bits per heavy atom. The van der Waals surface area contributed by atoms with Crippen molar-refractivity contribution in [2.24, 2.45) is 0 Å². The molecule has 158 valence electrons. The molecule has 0 saturated heterocycles. The van der Waals surface area contributed by atoms with Gasteiger partial charge in [-0.25, -0.2) is 9.59 Å². The van der Waals surface area contributed by atoms with Crippen molar-refractivity contribution in [3.05, 3.63) is 57.7 Å². The van der Waals surface area contributed by atoms with Crippen molar-refractivity contribution in [1.82, 2.24) is 15.1 Å². The summed E-state index contributed by atoms with van der Waals surface area (Å²) in [7, 11) is 1.95. The van der Waals surface area contributed by atoms with Gasteiger partial charge in [0.05, 0.1) is 18.2 Å². The van der Waals surface area contributed by atoms with Crippen molar-refractivity contribution in [3.8, 4) is 0 Å². The third-order valence-corrected chi connectivity index (χ3v) is 5.11. The van der Waals surface area contributed by atoms with Crippen LogP contribution in [0.5, 0.6) is 0 Å². The predicted octanol–water partition coefficient (Wildman–Crippen LogP) is 4.40. The van der Waals surface area contributed by atoms with Crippen LogP contribution in [0.2, 0.25) is 10.0 Å². The second-order valence-corrected chi connectivity index (χ2v) is 7.61. The van der Waals surface area contributed by atoms with Crippen LogP contribution in [0.1, 0.15) is 31.9 Å². The molecule has 1 aromatic carbocycles. The Labute approximate surface area is 182 Å². The van der Waals surface area contributed by atoms with E-state index >= 15 is 0 Å². The van der Waals surface area contributed by atoms with Crippen LogP contribution in [-0.4, -0.2) is 55.1 Å². The number of carbonyl (C=O) groups excluding carboxylic acids is 2. The SMILES string of the molecule is C=CCN1C(=O)N[C@H](c2ccc(Cl)cc2Cl)C(C(=O)OCC)=C1CN(C)CCC. The maximum absolute atomic E-state index is 13.0. The van der Waals surface area contributed by atoms with Crippen molar-refractivity contribution in [3.63, 3.8) is 0 Å². The average Bonchev–Trinajstić information content (AvgIpc) is 2.64. The van der Waals surface area contributed by atoms with Gasteiger partial charge in [0.2, 0.25) is 0 Å². The Balaban J connectivity index is 2.67. The second kappa shape index (κ2) is 10.7. The number of nitrogens with zero attached hydrogens (tertiary/aromatic N) is 2. The first kappa shape index (κ1) is 23.3. The van der Waals surface area contributed by atoms with Gasteiger partial charge in [0, 0.05) is 28.8 Å². The number of hydrogen-bond donors (Lipinski definition) is 1. The molecule has 0 aliphatic carbocycles. The lowest BCUT2D eigenvalue weighted by molar-refractivity contribution is -0.139. The van der Waals surface area contributed by atoms with Gasteiger partial charge in [-0.15, -0.1) is 6.58 Å². The van der Waals surface area contributed by atoms with Crippen molar-refractivity contribution in [2.75, 3.05) is 33.3 Å². The minimum absolute atomic E-state index is 0.219. The van der Waals surface area contributed by atoms with E-state index in [4.69, 9.17) is 27.9 Å². The molecule has 0 fully saturated rings. The summed E-state index contributed by atoms with van der Waals surface area (Å²) in [4.78, 5) is 29.5. The van der Waals surface area contributed by atoms with Crippen LogP contribution in [-0.2, 0) is 9.53 Å². The molecule has 1 atom stereocenters. The zero-order valence-electron chi connectivity index (χ0n) is 17.0. The number of hydrogen-bond acceptors (Lipinski definition) is 4. The Morgan fingerprint density at radius 2 is 2.10 bits per heavy atom. The van der Waals surface area contributed by atoms with Gasteiger partial charge >= 0.3 is 12.0 Å². The van der Waals surface area contributed by atoms with Gasteiger partial charge < -0.3 is 15.0 Å². The maximum Gasteiger partial charge on any atom is 0.338 e. The van der Waals surface area contributed by atoms with Crippen molar-refractivity contribution < 1.29 is 14.3 Å². The van der Waals surface area contributed by atoms with Gasteiger partial charge in [-0.2, -0.15) is 0 Å². The summed E-state index contributed by atoms with van der Waals surface area (Å²) < 4.78 is 5.34. The molecule has 1 aromatic rings. The van der Waals surface area contributed by atoms with Crippen molar-refractivity contribution >= 4 is 35.2 Å². The molecule has 1 aliphatic rings. The summed E-state index contributed by atoms with van der Waals surface area (Å²) >= 11 is 12.4. The number of urea groups is 1. The monoisotopic (exact) mass is 439 g/mol. The van der Waals surface area contributed by atoms with Crippen LogP contribution in [0.4, 0.5) is 4.79 Å². The summed E-state index contributed by atoms with van der Waals surface area (Å²) in [6.07, 6.45) is 2.57. The Hall–Kier alpha value is -2.02. The number of benzene rings is 1. The van der Waals surface area contributed by atoms with E-state index in [1.807, 2.05) is 7.05 Å². The van der Waals surface area contributed by atoms with Gasteiger partial charge in [-0.05, 0) is 44.6 Å². The number of esters is 1. The van der Waals surface area contributed by atoms with Crippen LogP contribution in [0.25, 0.3) is 0 Å². The maximum atomic E-state index is 13.0. The molecule has 0 saturated carbocycles. The molecule has 1 aliphatic heterocycles. The Bertz CT molecular complexity index is 810. The second-order valence-electron chi connectivity index (χ2n) is 6.77. The standard InChI is InChI=1S/C21H27Cl2N3O3/c1-5-10-25(4)13-17-18(20(27)29-7-3)19(24-21(28)26(17)11-6-2)15-9-8-14(22)12-16(15)23/h6,8-9,12,19H,2,5,7,10-11,13H2,1,3-4H3,(H,24,28)/t19-/m1/s1. The van der Waals surface area contributed by atoms with Crippen LogP contribution in [0.15, 0.2) is 42.1 Å². The lowest BCUT2D eigenvalue weighted by Gasteiger charge is -2.37. The molecule has 2 rings (SSSR count). The minimum Gasteiger partial charge on any atom is -0.463 e. The number of nitrogens with one attached hydrogen (secondary N) is 1. The summed E-state index contributed by atoms with van der Waals surface area (Å²) in [5, 5.41) is 3.72. The fourth-order valence-corrected chi connectivity index (χ4v) is 3.85. The summed E-state index contributed by atoms with van der Waals surface area (Å²) in [6, 6.07) is 3.92. The van der Waals surface area contributed by atoms with E-state index in [2.05, 4.69) is 23.7 Å². The van der Waals surface area contributed by atoms with Gasteiger partial charge in [0.25, 0.3) is 0 Å². The van der Waals surface area contributed by atoms with Crippen LogP contribution in [0, 0.1) is 0 Å². The number of carbonyl (C=O) groups is 2. The summed E-state index contributed by atoms with van der Waals surface area (Å²) in [6.45, 7) is 9.26. The molecular weight excluding hydrogens is 413 g/mol. The molecule has 6 nitrogen and oxygen atoms in total. The van der Waals surface area contributed by atoms with E-state index in [9.17, 15) is 9.59 Å². The van der Waals surface area contributed by atoms with Crippen molar-refractivity contribution in [2.45, 2.75) is 26.3 Å². The first-order valence-corrected chi connectivity index (χ1v) is 10.3. The molecule has 29 heavy (non-hydrogen) atoms. The van der Waals surface area contributed by atoms with Gasteiger partial charge in [0.15, 0.2) is 0 Å². The van der Waals surface area contributed by atoms with E-state index in [1.54, 1.807) is 31.2 Å². The van der Waals surface area contributed by atoms with E-state index in [1.165, 1.54) is 4.90 Å². The smallest absolute Gasteiger partial charge is 0.338 e. The van der Waals surface area contributed by atoms with Crippen molar-refractivity contribution in [1.29, 1.82) is 0 Å². The Morgan fingerprint density at radius 3 is 2.69 bits per heavy atom. The Kier molecular flexibility index (Phi) is 8.56. The summed E-state index contributed by atoms with van der Waals surface area (Å²) in [5.74, 6) is -0.488. The molecule has 0 bridgehead atoms.